The van der Waals surface area contributed by atoms with Gasteiger partial charge in [-0.05, 0) is 39.2 Å². The molecule has 0 amide bonds. The Labute approximate surface area is 103 Å². The zero-order valence-electron chi connectivity index (χ0n) is 10.9. The first kappa shape index (κ1) is 12.1. The van der Waals surface area contributed by atoms with Crippen molar-refractivity contribution in [1.82, 2.24) is 15.1 Å². The summed E-state index contributed by atoms with van der Waals surface area (Å²) in [6.45, 7) is 7.13. The number of aryl methyl sites for hydroxylation is 3. The number of nitrogens with one attached hydrogen (secondary N) is 1. The van der Waals surface area contributed by atoms with Crippen LogP contribution in [-0.4, -0.2) is 28.7 Å². The minimum Gasteiger partial charge on any atom is -0.374 e. The number of hydrogen-bond acceptors (Lipinski definition) is 3. The van der Waals surface area contributed by atoms with Gasteiger partial charge in [0.2, 0.25) is 0 Å². The van der Waals surface area contributed by atoms with E-state index in [4.69, 9.17) is 0 Å². The monoisotopic (exact) mass is 234 g/mol. The highest BCUT2D eigenvalue weighted by molar-refractivity contribution is 5.82. The Hall–Kier alpha value is -1.32. The van der Waals surface area contributed by atoms with Crippen LogP contribution in [0.5, 0.6) is 0 Å². The van der Waals surface area contributed by atoms with Gasteiger partial charge in [-0.2, -0.15) is 5.10 Å². The van der Waals surface area contributed by atoms with Crippen LogP contribution in [0.15, 0.2) is 11.1 Å². The number of rotatable bonds is 4. The molecule has 0 fully saturated rings. The normalized spacial score (nSPS) is 15.8. The van der Waals surface area contributed by atoms with Gasteiger partial charge in [-0.1, -0.05) is 0 Å². The van der Waals surface area contributed by atoms with Crippen LogP contribution in [0.2, 0.25) is 0 Å². The molecule has 4 heteroatoms. The minimum atomic E-state index is 0.986. The molecular weight excluding hydrogens is 212 g/mol. The van der Waals surface area contributed by atoms with E-state index in [0.29, 0.717) is 0 Å². The average molecular weight is 234 g/mol. The molecule has 2 rings (SSSR count). The Morgan fingerprint density at radius 1 is 1.35 bits per heavy atom. The van der Waals surface area contributed by atoms with E-state index in [1.54, 1.807) is 0 Å². The summed E-state index contributed by atoms with van der Waals surface area (Å²) in [6, 6.07) is 2.12. The van der Waals surface area contributed by atoms with Gasteiger partial charge in [0.25, 0.3) is 0 Å². The fraction of sp³-hybridized carbons (Fsp3) is 0.692. The molecular formula is C13H22N4. The summed E-state index contributed by atoms with van der Waals surface area (Å²) in [5, 5.41) is 7.88. The fourth-order valence-corrected chi connectivity index (χ4v) is 2.20. The molecule has 0 spiro atoms. The molecule has 0 atom stereocenters. The Morgan fingerprint density at radius 2 is 2.24 bits per heavy atom. The predicted molar refractivity (Wildman–Crippen MR) is 70.5 cm³/mol. The number of hydrogen-bond donors (Lipinski definition) is 1. The zero-order chi connectivity index (χ0) is 12.1. The van der Waals surface area contributed by atoms with E-state index in [2.05, 4.69) is 33.1 Å². The second-order valence-corrected chi connectivity index (χ2v) is 4.72. The molecule has 4 nitrogen and oxygen atoms in total. The molecule has 2 heterocycles. The van der Waals surface area contributed by atoms with Crippen molar-refractivity contribution in [2.75, 3.05) is 13.1 Å². The second-order valence-electron chi connectivity index (χ2n) is 4.72. The van der Waals surface area contributed by atoms with Crippen molar-refractivity contribution in [3.8, 4) is 0 Å². The SMILES string of the molecule is Cc1cc(C)n(CCCNC2=NCCCC2)n1. The van der Waals surface area contributed by atoms with Gasteiger partial charge in [-0.3, -0.25) is 9.67 Å². The van der Waals surface area contributed by atoms with Gasteiger partial charge in [0.1, 0.15) is 0 Å². The first-order chi connectivity index (χ1) is 8.25. The lowest BCUT2D eigenvalue weighted by molar-refractivity contribution is 0.554. The molecule has 0 bridgehead atoms. The van der Waals surface area contributed by atoms with Crippen LogP contribution in [-0.2, 0) is 6.54 Å². The fourth-order valence-electron chi connectivity index (χ4n) is 2.20. The molecule has 1 N–H and O–H groups in total. The number of aliphatic imine (C=N–C) groups is 1. The van der Waals surface area contributed by atoms with E-state index in [1.165, 1.54) is 24.4 Å². The molecule has 0 saturated heterocycles. The minimum absolute atomic E-state index is 0.986. The molecule has 0 saturated carbocycles. The largest absolute Gasteiger partial charge is 0.374 e. The maximum atomic E-state index is 4.48. The number of nitrogens with zero attached hydrogens (tertiary/aromatic N) is 3. The second kappa shape index (κ2) is 5.84. The van der Waals surface area contributed by atoms with Crippen molar-refractivity contribution in [1.29, 1.82) is 0 Å². The Balaban J connectivity index is 1.69. The zero-order valence-corrected chi connectivity index (χ0v) is 10.9. The van der Waals surface area contributed by atoms with Gasteiger partial charge in [0.15, 0.2) is 0 Å². The van der Waals surface area contributed by atoms with Crippen LogP contribution in [0.1, 0.15) is 37.1 Å². The molecule has 1 aliphatic rings. The lowest BCUT2D eigenvalue weighted by Gasteiger charge is -2.13. The first-order valence-electron chi connectivity index (χ1n) is 6.54. The summed E-state index contributed by atoms with van der Waals surface area (Å²) in [6.07, 6.45) is 4.75. The Bertz CT molecular complexity index is 392. The summed E-state index contributed by atoms with van der Waals surface area (Å²) in [4.78, 5) is 4.48. The topological polar surface area (TPSA) is 42.2 Å². The highest BCUT2D eigenvalue weighted by Crippen LogP contribution is 2.04. The third kappa shape index (κ3) is 3.58. The summed E-state index contributed by atoms with van der Waals surface area (Å²) in [7, 11) is 0. The summed E-state index contributed by atoms with van der Waals surface area (Å²) in [5.74, 6) is 1.20. The van der Waals surface area contributed by atoms with Crippen molar-refractivity contribution in [2.45, 2.75) is 46.1 Å². The van der Waals surface area contributed by atoms with Crippen molar-refractivity contribution in [3.05, 3.63) is 17.5 Å². The smallest absolute Gasteiger partial charge is 0.0963 e. The van der Waals surface area contributed by atoms with Crippen LogP contribution < -0.4 is 5.32 Å². The van der Waals surface area contributed by atoms with Crippen LogP contribution >= 0.6 is 0 Å². The Kier molecular flexibility index (Phi) is 4.18. The summed E-state index contributed by atoms with van der Waals surface area (Å²) >= 11 is 0. The van der Waals surface area contributed by atoms with E-state index in [9.17, 15) is 0 Å². The third-order valence-corrected chi connectivity index (χ3v) is 3.10. The molecule has 0 radical (unpaired) electrons. The van der Waals surface area contributed by atoms with E-state index >= 15 is 0 Å². The van der Waals surface area contributed by atoms with Gasteiger partial charge in [-0.15, -0.1) is 0 Å². The molecule has 0 aliphatic carbocycles. The van der Waals surface area contributed by atoms with Crippen molar-refractivity contribution in [3.63, 3.8) is 0 Å². The predicted octanol–water partition coefficient (Wildman–Crippen LogP) is 2.06. The van der Waals surface area contributed by atoms with Crippen molar-refractivity contribution >= 4 is 5.84 Å². The van der Waals surface area contributed by atoms with Gasteiger partial charge in [-0.25, -0.2) is 0 Å². The summed E-state index contributed by atoms with van der Waals surface area (Å²) < 4.78 is 2.08. The lowest BCUT2D eigenvalue weighted by Crippen LogP contribution is -2.27. The maximum absolute atomic E-state index is 4.48. The van der Waals surface area contributed by atoms with E-state index in [-0.39, 0.29) is 0 Å². The first-order valence-corrected chi connectivity index (χ1v) is 6.54. The average Bonchev–Trinajstić information content (AvgIpc) is 2.65. The van der Waals surface area contributed by atoms with Gasteiger partial charge < -0.3 is 5.32 Å². The van der Waals surface area contributed by atoms with Crippen LogP contribution in [0.4, 0.5) is 0 Å². The van der Waals surface area contributed by atoms with Gasteiger partial charge in [0, 0.05) is 31.7 Å². The molecule has 1 aliphatic heterocycles. The van der Waals surface area contributed by atoms with Crippen LogP contribution in [0, 0.1) is 13.8 Å². The highest BCUT2D eigenvalue weighted by Gasteiger charge is 2.04. The maximum Gasteiger partial charge on any atom is 0.0963 e. The van der Waals surface area contributed by atoms with Crippen molar-refractivity contribution in [2.24, 2.45) is 4.99 Å². The van der Waals surface area contributed by atoms with Gasteiger partial charge >= 0.3 is 0 Å². The van der Waals surface area contributed by atoms with Crippen LogP contribution in [0.25, 0.3) is 0 Å². The van der Waals surface area contributed by atoms with E-state index in [1.807, 2.05) is 6.92 Å². The molecule has 0 unspecified atom stereocenters. The quantitative estimate of drug-likeness (QED) is 0.810. The lowest BCUT2D eigenvalue weighted by atomic mass is 10.2. The molecule has 0 aromatic carbocycles. The van der Waals surface area contributed by atoms with Gasteiger partial charge in [0.05, 0.1) is 11.5 Å². The standard InChI is InChI=1S/C13H22N4/c1-11-10-12(2)17(16-11)9-5-8-15-13-6-3-4-7-14-13/h10H,3-9H2,1-2H3,(H,14,15). The summed E-state index contributed by atoms with van der Waals surface area (Å²) in [5.41, 5.74) is 2.35. The van der Waals surface area contributed by atoms with E-state index in [0.717, 1.165) is 38.2 Å². The van der Waals surface area contributed by atoms with E-state index < -0.39 is 0 Å². The van der Waals surface area contributed by atoms with Crippen molar-refractivity contribution < 1.29 is 0 Å². The number of amidine groups is 1. The molecule has 94 valence electrons. The Morgan fingerprint density at radius 3 is 2.88 bits per heavy atom. The highest BCUT2D eigenvalue weighted by atomic mass is 15.3. The van der Waals surface area contributed by atoms with Crippen LogP contribution in [0.3, 0.4) is 0 Å². The molecule has 17 heavy (non-hydrogen) atoms. The number of aromatic nitrogens is 2. The molecule has 1 aromatic heterocycles. The molecule has 1 aromatic rings. The third-order valence-electron chi connectivity index (χ3n) is 3.10.